The molecule has 4 nitrogen and oxygen atoms in total. The van der Waals surface area contributed by atoms with Gasteiger partial charge in [-0.25, -0.2) is 9.18 Å². The van der Waals surface area contributed by atoms with E-state index in [1.807, 2.05) is 0 Å². The fraction of sp³-hybridized carbons (Fsp3) is 0. The van der Waals surface area contributed by atoms with Crippen molar-refractivity contribution in [3.8, 4) is 11.5 Å². The third-order valence-electron chi connectivity index (χ3n) is 2.05. The fourth-order valence-electron chi connectivity index (χ4n) is 1.26. The number of pyridine rings is 1. The van der Waals surface area contributed by atoms with Crippen molar-refractivity contribution in [3.63, 3.8) is 0 Å². The van der Waals surface area contributed by atoms with Crippen molar-refractivity contribution in [1.29, 1.82) is 0 Å². The highest BCUT2D eigenvalue weighted by atomic mass is 19.1. The lowest BCUT2D eigenvalue weighted by atomic mass is 10.2. The summed E-state index contributed by atoms with van der Waals surface area (Å²) >= 11 is 0. The van der Waals surface area contributed by atoms with Crippen molar-refractivity contribution >= 4 is 5.97 Å². The number of aromatic nitrogens is 1. The van der Waals surface area contributed by atoms with Crippen LogP contribution in [0.4, 0.5) is 4.39 Å². The van der Waals surface area contributed by atoms with Crippen molar-refractivity contribution in [2.45, 2.75) is 0 Å². The molecule has 0 saturated carbocycles. The van der Waals surface area contributed by atoms with Crippen LogP contribution in [0.5, 0.6) is 11.5 Å². The summed E-state index contributed by atoms with van der Waals surface area (Å²) in [6.45, 7) is 0. The largest absolute Gasteiger partial charge is 0.477 e. The number of hydrogen-bond acceptors (Lipinski definition) is 3. The topological polar surface area (TPSA) is 59.4 Å². The van der Waals surface area contributed by atoms with Gasteiger partial charge in [-0.15, -0.1) is 0 Å². The molecule has 1 N–H and O–H groups in total. The van der Waals surface area contributed by atoms with Crippen molar-refractivity contribution in [2.75, 3.05) is 0 Å². The van der Waals surface area contributed by atoms with Gasteiger partial charge in [-0.05, 0) is 24.3 Å². The zero-order chi connectivity index (χ0) is 12.3. The molecule has 0 saturated heterocycles. The molecular formula is C12H8FNO3. The number of ether oxygens (including phenoxy) is 1. The zero-order valence-electron chi connectivity index (χ0n) is 8.63. The highest BCUT2D eigenvalue weighted by Gasteiger charge is 2.11. The molecule has 5 heteroatoms. The minimum atomic E-state index is -1.13. The minimum Gasteiger partial charge on any atom is -0.477 e. The SMILES string of the molecule is O=C(O)c1cnccc1Oc1ccc(F)cc1. The molecule has 0 aliphatic rings. The van der Waals surface area contributed by atoms with Crippen LogP contribution in [0.25, 0.3) is 0 Å². The molecule has 0 fully saturated rings. The van der Waals surface area contributed by atoms with Gasteiger partial charge >= 0.3 is 5.97 Å². The van der Waals surface area contributed by atoms with Gasteiger partial charge in [0, 0.05) is 18.5 Å². The predicted molar refractivity (Wildman–Crippen MR) is 57.7 cm³/mol. The lowest BCUT2D eigenvalue weighted by Gasteiger charge is -2.07. The minimum absolute atomic E-state index is 0.0446. The number of nitrogens with zero attached hydrogens (tertiary/aromatic N) is 1. The van der Waals surface area contributed by atoms with Crippen LogP contribution >= 0.6 is 0 Å². The Labute approximate surface area is 96.3 Å². The van der Waals surface area contributed by atoms with E-state index >= 15 is 0 Å². The first-order chi connectivity index (χ1) is 8.16. The Morgan fingerprint density at radius 1 is 1.24 bits per heavy atom. The summed E-state index contributed by atoms with van der Waals surface area (Å²) in [6, 6.07) is 6.74. The first-order valence-corrected chi connectivity index (χ1v) is 4.77. The fourth-order valence-corrected chi connectivity index (χ4v) is 1.26. The van der Waals surface area contributed by atoms with E-state index in [1.165, 1.54) is 42.7 Å². The molecular weight excluding hydrogens is 225 g/mol. The van der Waals surface area contributed by atoms with Gasteiger partial charge in [0.25, 0.3) is 0 Å². The highest BCUT2D eigenvalue weighted by molar-refractivity contribution is 5.90. The lowest BCUT2D eigenvalue weighted by Crippen LogP contribution is -2.00. The van der Waals surface area contributed by atoms with E-state index in [2.05, 4.69) is 4.98 Å². The summed E-state index contributed by atoms with van der Waals surface area (Å²) in [6.07, 6.45) is 2.62. The van der Waals surface area contributed by atoms with Crippen LogP contribution in [0.15, 0.2) is 42.7 Å². The molecule has 1 aromatic heterocycles. The quantitative estimate of drug-likeness (QED) is 0.885. The lowest BCUT2D eigenvalue weighted by molar-refractivity contribution is 0.0693. The predicted octanol–water partition coefficient (Wildman–Crippen LogP) is 2.71. The second kappa shape index (κ2) is 4.61. The number of benzene rings is 1. The standard InChI is InChI=1S/C12H8FNO3/c13-8-1-3-9(4-2-8)17-11-5-6-14-7-10(11)12(15)16/h1-7H,(H,15,16). The molecule has 1 heterocycles. The molecule has 0 aliphatic heterocycles. The summed E-state index contributed by atoms with van der Waals surface area (Å²) in [5.74, 6) is -0.986. The number of halogens is 1. The summed E-state index contributed by atoms with van der Waals surface area (Å²) in [7, 11) is 0. The van der Waals surface area contributed by atoms with Crippen LogP contribution in [0.2, 0.25) is 0 Å². The summed E-state index contributed by atoms with van der Waals surface area (Å²) in [5.41, 5.74) is -0.0446. The molecule has 1 aromatic carbocycles. The zero-order valence-corrected chi connectivity index (χ0v) is 8.63. The highest BCUT2D eigenvalue weighted by Crippen LogP contribution is 2.24. The van der Waals surface area contributed by atoms with E-state index in [0.717, 1.165) is 0 Å². The molecule has 0 atom stereocenters. The number of carbonyl (C=O) groups is 1. The van der Waals surface area contributed by atoms with Crippen LogP contribution < -0.4 is 4.74 Å². The third-order valence-corrected chi connectivity index (χ3v) is 2.05. The smallest absolute Gasteiger partial charge is 0.341 e. The number of hydrogen-bond donors (Lipinski definition) is 1. The van der Waals surface area contributed by atoms with E-state index in [-0.39, 0.29) is 17.1 Å². The monoisotopic (exact) mass is 233 g/mol. The van der Waals surface area contributed by atoms with Crippen LogP contribution in [-0.2, 0) is 0 Å². The van der Waals surface area contributed by atoms with Gasteiger partial charge in [-0.2, -0.15) is 0 Å². The Morgan fingerprint density at radius 3 is 2.59 bits per heavy atom. The van der Waals surface area contributed by atoms with Crippen LogP contribution in [-0.4, -0.2) is 16.1 Å². The average Bonchev–Trinajstić information content (AvgIpc) is 2.32. The van der Waals surface area contributed by atoms with Gasteiger partial charge in [0.1, 0.15) is 22.9 Å². The molecule has 0 spiro atoms. The number of carboxylic acid groups (broad SMARTS) is 1. The van der Waals surface area contributed by atoms with Crippen molar-refractivity contribution in [2.24, 2.45) is 0 Å². The Morgan fingerprint density at radius 2 is 1.94 bits per heavy atom. The summed E-state index contributed by atoms with van der Waals surface area (Å²) in [5, 5.41) is 8.91. The molecule has 2 aromatic rings. The van der Waals surface area contributed by atoms with E-state index in [1.54, 1.807) is 0 Å². The molecule has 17 heavy (non-hydrogen) atoms. The number of aromatic carboxylic acids is 1. The van der Waals surface area contributed by atoms with Crippen LogP contribution in [0, 0.1) is 5.82 Å². The third kappa shape index (κ3) is 2.57. The van der Waals surface area contributed by atoms with Crippen LogP contribution in [0.3, 0.4) is 0 Å². The first kappa shape index (κ1) is 11.1. The maximum absolute atomic E-state index is 12.7. The normalized spacial score (nSPS) is 9.94. The molecule has 0 amide bonds. The Hall–Kier alpha value is -2.43. The van der Waals surface area contributed by atoms with Gasteiger partial charge < -0.3 is 9.84 Å². The van der Waals surface area contributed by atoms with E-state index in [0.29, 0.717) is 5.75 Å². The van der Waals surface area contributed by atoms with E-state index in [9.17, 15) is 9.18 Å². The van der Waals surface area contributed by atoms with Gasteiger partial charge in [-0.3, -0.25) is 4.98 Å². The van der Waals surface area contributed by atoms with Crippen LogP contribution in [0.1, 0.15) is 10.4 Å². The number of rotatable bonds is 3. The molecule has 0 aliphatic carbocycles. The number of carboxylic acids is 1. The molecule has 2 rings (SSSR count). The Bertz CT molecular complexity index is 540. The van der Waals surface area contributed by atoms with E-state index < -0.39 is 5.97 Å². The van der Waals surface area contributed by atoms with Gasteiger partial charge in [0.05, 0.1) is 0 Å². The Kier molecular flexibility index (Phi) is 3.00. The molecule has 0 bridgehead atoms. The van der Waals surface area contributed by atoms with Gasteiger partial charge in [-0.1, -0.05) is 0 Å². The molecule has 0 unspecified atom stereocenters. The summed E-state index contributed by atoms with van der Waals surface area (Å²) in [4.78, 5) is 14.6. The maximum atomic E-state index is 12.7. The van der Waals surface area contributed by atoms with E-state index in [4.69, 9.17) is 9.84 Å². The average molecular weight is 233 g/mol. The maximum Gasteiger partial charge on any atom is 0.341 e. The second-order valence-corrected chi connectivity index (χ2v) is 3.23. The van der Waals surface area contributed by atoms with Crippen molar-refractivity contribution in [3.05, 3.63) is 54.1 Å². The summed E-state index contributed by atoms with van der Waals surface area (Å²) < 4.78 is 18.0. The van der Waals surface area contributed by atoms with Crippen molar-refractivity contribution in [1.82, 2.24) is 4.98 Å². The van der Waals surface area contributed by atoms with Crippen molar-refractivity contribution < 1.29 is 19.0 Å². The molecule has 86 valence electrons. The first-order valence-electron chi connectivity index (χ1n) is 4.77. The Balaban J connectivity index is 2.30. The van der Waals surface area contributed by atoms with Gasteiger partial charge in [0.2, 0.25) is 0 Å². The van der Waals surface area contributed by atoms with Gasteiger partial charge in [0.15, 0.2) is 0 Å². The second-order valence-electron chi connectivity index (χ2n) is 3.23. The molecule has 0 radical (unpaired) electrons.